The Bertz CT molecular complexity index is 1000. The molecule has 0 aliphatic carbocycles. The predicted octanol–water partition coefficient (Wildman–Crippen LogP) is 2.55. The number of carbonyl (C=O) groups is 2. The quantitative estimate of drug-likeness (QED) is 0.738. The van der Waals surface area contributed by atoms with E-state index in [1.54, 1.807) is 42.2 Å². The molecule has 1 aromatic heterocycles. The van der Waals surface area contributed by atoms with Crippen molar-refractivity contribution in [2.24, 2.45) is 0 Å². The van der Waals surface area contributed by atoms with Crippen molar-refractivity contribution in [2.75, 3.05) is 19.0 Å². The smallest absolute Gasteiger partial charge is 0.256 e. The lowest BCUT2D eigenvalue weighted by Crippen LogP contribution is -2.51. The van der Waals surface area contributed by atoms with Crippen LogP contribution in [0.3, 0.4) is 0 Å². The molecule has 0 radical (unpaired) electrons. The number of aromatic nitrogens is 2. The van der Waals surface area contributed by atoms with Crippen LogP contribution < -0.4 is 5.32 Å². The molecule has 3 aromatic rings. The van der Waals surface area contributed by atoms with Crippen LogP contribution in [-0.4, -0.2) is 46.3 Å². The topological polar surface area (TPSA) is 76.5 Å². The summed E-state index contributed by atoms with van der Waals surface area (Å²) in [6.07, 6.45) is 2.58. The van der Waals surface area contributed by atoms with Gasteiger partial charge in [-0.25, -0.2) is 9.07 Å². The number of rotatable bonds is 4. The number of anilines is 1. The second-order valence-electron chi connectivity index (χ2n) is 6.72. The molecule has 7 nitrogen and oxygen atoms in total. The van der Waals surface area contributed by atoms with Crippen molar-refractivity contribution in [3.63, 3.8) is 0 Å². The van der Waals surface area contributed by atoms with E-state index in [0.717, 1.165) is 5.69 Å². The minimum atomic E-state index is -0.922. The molecule has 0 bridgehead atoms. The molecule has 4 rings (SSSR count). The van der Waals surface area contributed by atoms with Gasteiger partial charge in [0.15, 0.2) is 6.10 Å². The highest BCUT2D eigenvalue weighted by Gasteiger charge is 2.40. The van der Waals surface area contributed by atoms with E-state index in [0.29, 0.717) is 11.3 Å². The summed E-state index contributed by atoms with van der Waals surface area (Å²) >= 11 is 0. The highest BCUT2D eigenvalue weighted by Crippen LogP contribution is 2.30. The van der Waals surface area contributed by atoms with Crippen LogP contribution in [0.4, 0.5) is 10.1 Å². The number of likely N-dealkylation sites (N-methyl/N-ethyl adjacent to an activating group) is 1. The molecule has 1 saturated heterocycles. The van der Waals surface area contributed by atoms with Gasteiger partial charge in [0.2, 0.25) is 5.91 Å². The molecule has 1 aliphatic rings. The van der Waals surface area contributed by atoms with Gasteiger partial charge in [-0.05, 0) is 48.0 Å². The SMILES string of the molecule is CN1C(=O)CO[C@H](C(=O)Nc2ccc(-n3cccn3)cc2)[C@H]1c1ccc(F)cc1. The Labute approximate surface area is 166 Å². The maximum Gasteiger partial charge on any atom is 0.256 e. The van der Waals surface area contributed by atoms with Crippen LogP contribution in [0.1, 0.15) is 11.6 Å². The van der Waals surface area contributed by atoms with E-state index in [4.69, 9.17) is 4.74 Å². The molecular formula is C21H19FN4O3. The summed E-state index contributed by atoms with van der Waals surface area (Å²) < 4.78 is 20.6. The molecule has 8 heteroatoms. The average Bonchev–Trinajstić information content (AvgIpc) is 3.26. The third-order valence-corrected chi connectivity index (χ3v) is 4.86. The molecule has 0 unspecified atom stereocenters. The normalized spacial score (nSPS) is 19.2. The Balaban J connectivity index is 1.54. The van der Waals surface area contributed by atoms with Gasteiger partial charge in [0.25, 0.3) is 5.91 Å². The first-order chi connectivity index (χ1) is 14.0. The van der Waals surface area contributed by atoms with Gasteiger partial charge in [-0.1, -0.05) is 12.1 Å². The van der Waals surface area contributed by atoms with Crippen molar-refractivity contribution >= 4 is 17.5 Å². The molecular weight excluding hydrogens is 375 g/mol. The zero-order valence-electron chi connectivity index (χ0n) is 15.7. The van der Waals surface area contributed by atoms with Gasteiger partial charge in [0.05, 0.1) is 11.7 Å². The first kappa shape index (κ1) is 18.8. The van der Waals surface area contributed by atoms with Gasteiger partial charge >= 0.3 is 0 Å². The van der Waals surface area contributed by atoms with Crippen LogP contribution in [-0.2, 0) is 14.3 Å². The number of nitrogens with zero attached hydrogens (tertiary/aromatic N) is 3. The summed E-state index contributed by atoms with van der Waals surface area (Å²) in [7, 11) is 1.61. The molecule has 0 spiro atoms. The number of hydrogen-bond acceptors (Lipinski definition) is 4. The van der Waals surface area contributed by atoms with Crippen LogP contribution in [0.5, 0.6) is 0 Å². The van der Waals surface area contributed by atoms with Crippen LogP contribution in [0.2, 0.25) is 0 Å². The Morgan fingerprint density at radius 3 is 2.55 bits per heavy atom. The summed E-state index contributed by atoms with van der Waals surface area (Å²) in [5, 5.41) is 6.99. The van der Waals surface area contributed by atoms with Gasteiger partial charge < -0.3 is 15.0 Å². The van der Waals surface area contributed by atoms with Crippen LogP contribution >= 0.6 is 0 Å². The van der Waals surface area contributed by atoms with Crippen molar-refractivity contribution < 1.29 is 18.7 Å². The number of hydrogen-bond donors (Lipinski definition) is 1. The number of halogens is 1. The standard InChI is InChI=1S/C21H19FN4O3/c1-25-18(27)13-29-20(19(25)14-3-5-15(22)6-4-14)21(28)24-16-7-9-17(10-8-16)26-12-2-11-23-26/h2-12,19-20H,13H2,1H3,(H,24,28)/t19-,20+/m1/s1. The molecule has 2 heterocycles. The highest BCUT2D eigenvalue weighted by molar-refractivity contribution is 5.96. The van der Waals surface area contributed by atoms with Gasteiger partial charge in [0, 0.05) is 25.1 Å². The Morgan fingerprint density at radius 2 is 1.90 bits per heavy atom. The molecule has 1 aliphatic heterocycles. The number of benzene rings is 2. The van der Waals surface area contributed by atoms with Gasteiger partial charge in [-0.3, -0.25) is 9.59 Å². The second-order valence-corrected chi connectivity index (χ2v) is 6.72. The zero-order valence-corrected chi connectivity index (χ0v) is 15.7. The van der Waals surface area contributed by atoms with Crippen molar-refractivity contribution in [3.8, 4) is 5.69 Å². The summed E-state index contributed by atoms with van der Waals surface area (Å²) in [5.74, 6) is -1.02. The minimum Gasteiger partial charge on any atom is -0.356 e. The van der Waals surface area contributed by atoms with E-state index in [9.17, 15) is 14.0 Å². The van der Waals surface area contributed by atoms with Gasteiger partial charge in [-0.15, -0.1) is 0 Å². The summed E-state index contributed by atoms with van der Waals surface area (Å²) in [5.41, 5.74) is 2.07. The predicted molar refractivity (Wildman–Crippen MR) is 104 cm³/mol. The number of nitrogens with one attached hydrogen (secondary N) is 1. The fourth-order valence-electron chi connectivity index (χ4n) is 3.32. The Kier molecular flexibility index (Phi) is 5.09. The van der Waals surface area contributed by atoms with Crippen molar-refractivity contribution in [2.45, 2.75) is 12.1 Å². The molecule has 0 saturated carbocycles. The lowest BCUT2D eigenvalue weighted by molar-refractivity contribution is -0.160. The Hall–Kier alpha value is -3.52. The fraction of sp³-hybridized carbons (Fsp3) is 0.190. The summed E-state index contributed by atoms with van der Waals surface area (Å²) in [6.45, 7) is -0.190. The first-order valence-corrected chi connectivity index (χ1v) is 9.06. The lowest BCUT2D eigenvalue weighted by atomic mass is 9.97. The van der Waals surface area contributed by atoms with E-state index in [1.165, 1.54) is 17.0 Å². The van der Waals surface area contributed by atoms with E-state index in [1.807, 2.05) is 24.4 Å². The monoisotopic (exact) mass is 394 g/mol. The zero-order chi connectivity index (χ0) is 20.4. The molecule has 1 fully saturated rings. The molecule has 29 heavy (non-hydrogen) atoms. The van der Waals surface area contributed by atoms with Crippen LogP contribution in [0, 0.1) is 5.82 Å². The van der Waals surface area contributed by atoms with E-state index < -0.39 is 18.0 Å². The Morgan fingerprint density at radius 1 is 1.17 bits per heavy atom. The first-order valence-electron chi connectivity index (χ1n) is 9.06. The van der Waals surface area contributed by atoms with E-state index in [-0.39, 0.29) is 18.4 Å². The fourth-order valence-corrected chi connectivity index (χ4v) is 3.32. The largest absolute Gasteiger partial charge is 0.356 e. The number of ether oxygens (including phenoxy) is 1. The number of amides is 2. The van der Waals surface area contributed by atoms with Gasteiger partial charge in [-0.2, -0.15) is 5.10 Å². The third-order valence-electron chi connectivity index (χ3n) is 4.86. The second kappa shape index (κ2) is 7.84. The molecule has 2 aromatic carbocycles. The maximum atomic E-state index is 13.3. The highest BCUT2D eigenvalue weighted by atomic mass is 19.1. The van der Waals surface area contributed by atoms with Crippen molar-refractivity contribution in [1.82, 2.24) is 14.7 Å². The molecule has 2 amide bonds. The number of morpholine rings is 1. The average molecular weight is 394 g/mol. The van der Waals surface area contributed by atoms with E-state index >= 15 is 0 Å². The summed E-state index contributed by atoms with van der Waals surface area (Å²) in [6, 6.07) is 14.1. The summed E-state index contributed by atoms with van der Waals surface area (Å²) in [4.78, 5) is 26.5. The molecule has 2 atom stereocenters. The lowest BCUT2D eigenvalue weighted by Gasteiger charge is -2.38. The van der Waals surface area contributed by atoms with Crippen LogP contribution in [0.15, 0.2) is 67.0 Å². The minimum absolute atomic E-state index is 0.190. The van der Waals surface area contributed by atoms with Gasteiger partial charge in [0.1, 0.15) is 12.4 Å². The molecule has 148 valence electrons. The third kappa shape index (κ3) is 3.88. The van der Waals surface area contributed by atoms with Crippen molar-refractivity contribution in [3.05, 3.63) is 78.4 Å². The maximum absolute atomic E-state index is 13.3. The molecule has 1 N–H and O–H groups in total. The number of carbonyl (C=O) groups excluding carboxylic acids is 2. The van der Waals surface area contributed by atoms with Crippen molar-refractivity contribution in [1.29, 1.82) is 0 Å². The van der Waals surface area contributed by atoms with E-state index in [2.05, 4.69) is 10.4 Å². The van der Waals surface area contributed by atoms with Crippen LogP contribution in [0.25, 0.3) is 5.69 Å².